The molecule has 0 bridgehead atoms. The lowest BCUT2D eigenvalue weighted by Gasteiger charge is -2.25. The van der Waals surface area contributed by atoms with E-state index < -0.39 is 0 Å². The van der Waals surface area contributed by atoms with Crippen LogP contribution in [-0.4, -0.2) is 10.5 Å². The van der Waals surface area contributed by atoms with Crippen LogP contribution in [-0.2, 0) is 16.4 Å². The summed E-state index contributed by atoms with van der Waals surface area (Å²) < 4.78 is 5.32. The van der Waals surface area contributed by atoms with E-state index in [1.165, 1.54) is 22.3 Å². The highest BCUT2D eigenvalue weighted by molar-refractivity contribution is 5.97. The van der Waals surface area contributed by atoms with Gasteiger partial charge in [-0.05, 0) is 47.6 Å². The molecule has 0 aliphatic carbocycles. The Morgan fingerprint density at radius 2 is 1.93 bits per heavy atom. The summed E-state index contributed by atoms with van der Waals surface area (Å²) in [6.07, 6.45) is 0. The third kappa shape index (κ3) is 2.70. The lowest BCUT2D eigenvalue weighted by atomic mass is 9.80. The average Bonchev–Trinajstić information content (AvgIpc) is 2.08. The maximum Gasteiger partial charge on any atom is 0.146 e. The highest BCUT2D eigenvalue weighted by atomic mass is 28.2. The second-order valence-electron chi connectivity index (χ2n) is 5.13. The van der Waals surface area contributed by atoms with Gasteiger partial charge in [0.15, 0.2) is 0 Å². The molecule has 0 unspecified atom stereocenters. The first-order chi connectivity index (χ1) is 6.88. The number of hydrogen-bond donors (Lipinski definition) is 0. The Hall–Kier alpha value is -0.603. The van der Waals surface area contributed by atoms with Gasteiger partial charge in [-0.25, -0.2) is 0 Å². The van der Waals surface area contributed by atoms with Crippen molar-refractivity contribution >= 4 is 10.5 Å². The highest BCUT2D eigenvalue weighted by Gasteiger charge is 2.20. The molecule has 1 nitrogen and oxygen atoms in total. The summed E-state index contributed by atoms with van der Waals surface area (Å²) in [4.78, 5) is 0. The Labute approximate surface area is 96.4 Å². The Morgan fingerprint density at radius 3 is 2.40 bits per heavy atom. The summed E-state index contributed by atoms with van der Waals surface area (Å²) in [7, 11) is 0.787. The molecular weight excluding hydrogens is 200 g/mol. The van der Waals surface area contributed by atoms with Crippen molar-refractivity contribution in [1.82, 2.24) is 0 Å². The number of hydrogen-bond acceptors (Lipinski definition) is 1. The van der Waals surface area contributed by atoms with Gasteiger partial charge in [0, 0.05) is 0 Å². The smallest absolute Gasteiger partial charge is 0.146 e. The van der Waals surface area contributed by atoms with Crippen molar-refractivity contribution in [2.24, 2.45) is 0 Å². The quantitative estimate of drug-likeness (QED) is 0.696. The zero-order valence-corrected chi connectivity index (χ0v) is 12.7. The molecule has 0 amide bonds. The van der Waals surface area contributed by atoms with Gasteiger partial charge in [-0.3, -0.25) is 0 Å². The van der Waals surface area contributed by atoms with Crippen molar-refractivity contribution in [2.75, 3.05) is 0 Å². The van der Waals surface area contributed by atoms with Crippen LogP contribution in [0.25, 0.3) is 0 Å². The fourth-order valence-electron chi connectivity index (χ4n) is 2.27. The molecular formula is C13H21OSi. The molecule has 0 aromatic heterocycles. The highest BCUT2D eigenvalue weighted by Crippen LogP contribution is 2.30. The monoisotopic (exact) mass is 221 g/mol. The zero-order chi connectivity index (χ0) is 11.6. The first kappa shape index (κ1) is 12.5. The number of rotatable bonds is 2. The summed E-state index contributed by atoms with van der Waals surface area (Å²) in [5.41, 5.74) is 5.52. The second-order valence-corrected chi connectivity index (χ2v) is 5.71. The molecule has 83 valence electrons. The second kappa shape index (κ2) is 4.50. The van der Waals surface area contributed by atoms with Crippen LogP contribution in [0.3, 0.4) is 0 Å². The minimum absolute atomic E-state index is 0.198. The molecule has 1 aromatic rings. The van der Waals surface area contributed by atoms with Crippen LogP contribution in [0.1, 0.15) is 43.0 Å². The minimum Gasteiger partial charge on any atom is -0.424 e. The van der Waals surface area contributed by atoms with E-state index in [9.17, 15) is 0 Å². The molecule has 1 radical (unpaired) electrons. The van der Waals surface area contributed by atoms with Crippen LogP contribution in [0.4, 0.5) is 0 Å². The van der Waals surface area contributed by atoms with Crippen LogP contribution in [0.5, 0.6) is 0 Å². The van der Waals surface area contributed by atoms with Gasteiger partial charge in [0.25, 0.3) is 0 Å². The normalized spacial score (nSPS) is 12.1. The summed E-state index contributed by atoms with van der Waals surface area (Å²) in [6, 6.07) is 5.40. The van der Waals surface area contributed by atoms with Crippen molar-refractivity contribution in [3.8, 4) is 0 Å². The Kier molecular flexibility index (Phi) is 3.74. The minimum atomic E-state index is 0.198. The van der Waals surface area contributed by atoms with Crippen molar-refractivity contribution < 1.29 is 4.43 Å². The molecule has 0 spiro atoms. The van der Waals surface area contributed by atoms with Gasteiger partial charge in [-0.2, -0.15) is 0 Å². The third-order valence-electron chi connectivity index (χ3n) is 2.72. The molecule has 0 aliphatic heterocycles. The Balaban J connectivity index is 3.30. The molecule has 0 fully saturated rings. The fourth-order valence-corrected chi connectivity index (χ4v) is 2.56. The lowest BCUT2D eigenvalue weighted by Crippen LogP contribution is -2.16. The largest absolute Gasteiger partial charge is 0.424 e. The molecule has 0 saturated heterocycles. The van der Waals surface area contributed by atoms with Gasteiger partial charge in [0.1, 0.15) is 10.5 Å². The van der Waals surface area contributed by atoms with Gasteiger partial charge >= 0.3 is 0 Å². The van der Waals surface area contributed by atoms with Crippen LogP contribution < -0.4 is 0 Å². The maximum atomic E-state index is 5.32. The molecule has 0 saturated carbocycles. The topological polar surface area (TPSA) is 9.23 Å². The summed E-state index contributed by atoms with van der Waals surface area (Å²) in [5, 5.41) is 0. The average molecular weight is 221 g/mol. The van der Waals surface area contributed by atoms with Crippen LogP contribution in [0.2, 0.25) is 0 Å². The SMILES string of the molecule is Cc1c[c]c(CO[SiH3])c(C)c1C(C)(C)C. The van der Waals surface area contributed by atoms with Crippen molar-refractivity contribution in [3.05, 3.63) is 34.4 Å². The van der Waals surface area contributed by atoms with Gasteiger partial charge in [0.2, 0.25) is 0 Å². The Morgan fingerprint density at radius 1 is 1.33 bits per heavy atom. The van der Waals surface area contributed by atoms with E-state index in [1.807, 2.05) is 0 Å². The molecule has 15 heavy (non-hydrogen) atoms. The van der Waals surface area contributed by atoms with Gasteiger partial charge in [-0.1, -0.05) is 26.8 Å². The predicted octanol–water partition coefficient (Wildman–Crippen LogP) is 2.20. The lowest BCUT2D eigenvalue weighted by molar-refractivity contribution is 0.336. The summed E-state index contributed by atoms with van der Waals surface area (Å²) in [5.74, 6) is 0. The standard InChI is InChI=1S/C13H21OSi/c1-9-6-7-11(8-14-15)10(2)12(9)13(3,4)5/h6H,8H2,1-5,15H3. The van der Waals surface area contributed by atoms with E-state index >= 15 is 0 Å². The van der Waals surface area contributed by atoms with Crippen molar-refractivity contribution in [2.45, 2.75) is 46.6 Å². The number of benzene rings is 1. The zero-order valence-electron chi connectivity index (χ0n) is 10.7. The Bertz CT molecular complexity index is 350. The van der Waals surface area contributed by atoms with Gasteiger partial charge < -0.3 is 4.43 Å². The van der Waals surface area contributed by atoms with Gasteiger partial charge in [0.05, 0.1) is 6.61 Å². The number of aryl methyl sites for hydroxylation is 1. The maximum absolute atomic E-state index is 5.32. The fraction of sp³-hybridized carbons (Fsp3) is 0.538. The molecule has 0 N–H and O–H groups in total. The van der Waals surface area contributed by atoms with Crippen LogP contribution in [0.15, 0.2) is 6.07 Å². The molecule has 0 atom stereocenters. The van der Waals surface area contributed by atoms with E-state index in [2.05, 4.69) is 46.8 Å². The van der Waals surface area contributed by atoms with E-state index in [-0.39, 0.29) is 5.41 Å². The molecule has 1 rings (SSSR count). The predicted molar refractivity (Wildman–Crippen MR) is 68.2 cm³/mol. The third-order valence-corrected chi connectivity index (χ3v) is 3.01. The van der Waals surface area contributed by atoms with Crippen molar-refractivity contribution in [1.29, 1.82) is 0 Å². The first-order valence-electron chi connectivity index (χ1n) is 5.38. The molecule has 0 heterocycles. The molecule has 1 aromatic carbocycles. The van der Waals surface area contributed by atoms with Gasteiger partial charge in [-0.15, -0.1) is 0 Å². The van der Waals surface area contributed by atoms with Crippen LogP contribution in [0, 0.1) is 19.9 Å². The van der Waals surface area contributed by atoms with E-state index in [0.29, 0.717) is 6.61 Å². The first-order valence-corrected chi connectivity index (χ1v) is 6.19. The van der Waals surface area contributed by atoms with E-state index in [4.69, 9.17) is 4.43 Å². The summed E-state index contributed by atoms with van der Waals surface area (Å²) >= 11 is 0. The molecule has 0 aliphatic rings. The van der Waals surface area contributed by atoms with Crippen molar-refractivity contribution in [3.63, 3.8) is 0 Å². The van der Waals surface area contributed by atoms with Crippen LogP contribution >= 0.6 is 0 Å². The van der Waals surface area contributed by atoms with E-state index in [0.717, 1.165) is 10.5 Å². The molecule has 2 heteroatoms. The van der Waals surface area contributed by atoms with E-state index in [1.54, 1.807) is 0 Å². The summed E-state index contributed by atoms with van der Waals surface area (Å²) in [6.45, 7) is 11.8.